The van der Waals surface area contributed by atoms with Crippen molar-refractivity contribution in [1.29, 1.82) is 0 Å². The minimum atomic E-state index is -0.892. The fourth-order valence-corrected chi connectivity index (χ4v) is 1.74. The first-order valence-corrected chi connectivity index (χ1v) is 6.38. The maximum Gasteiger partial charge on any atom is 0.321 e. The molecule has 1 aromatic carbocycles. The molecular formula is C12H14BrFN2O3. The minimum absolute atomic E-state index is 0.0136. The molecule has 5 nitrogen and oxygen atoms in total. The van der Waals surface area contributed by atoms with E-state index >= 15 is 0 Å². The molecule has 0 unspecified atom stereocenters. The van der Waals surface area contributed by atoms with Crippen molar-refractivity contribution >= 4 is 33.6 Å². The largest absolute Gasteiger partial charge is 0.481 e. The first-order valence-electron chi connectivity index (χ1n) is 5.59. The van der Waals surface area contributed by atoms with Crippen LogP contribution in [0.4, 0.5) is 14.9 Å². The Balaban J connectivity index is 2.49. The smallest absolute Gasteiger partial charge is 0.321 e. The van der Waals surface area contributed by atoms with Gasteiger partial charge in [-0.1, -0.05) is 0 Å². The Bertz CT molecular complexity index is 482. The second-order valence-corrected chi connectivity index (χ2v) is 4.83. The molecule has 0 radical (unpaired) electrons. The lowest BCUT2D eigenvalue weighted by Crippen LogP contribution is -2.32. The summed E-state index contributed by atoms with van der Waals surface area (Å²) in [5.41, 5.74) is 0.461. The van der Waals surface area contributed by atoms with Gasteiger partial charge in [0.2, 0.25) is 0 Å². The second-order valence-electron chi connectivity index (χ2n) is 3.98. The molecule has 0 saturated heterocycles. The quantitative estimate of drug-likeness (QED) is 0.870. The van der Waals surface area contributed by atoms with Crippen LogP contribution in [0.1, 0.15) is 12.8 Å². The number of carbonyl (C=O) groups excluding carboxylic acids is 1. The van der Waals surface area contributed by atoms with Gasteiger partial charge in [-0.15, -0.1) is 0 Å². The Labute approximate surface area is 118 Å². The van der Waals surface area contributed by atoms with Gasteiger partial charge in [-0.3, -0.25) is 4.79 Å². The number of anilines is 1. The molecule has 0 aliphatic carbocycles. The molecule has 0 atom stereocenters. The highest BCUT2D eigenvalue weighted by Crippen LogP contribution is 2.20. The summed E-state index contributed by atoms with van der Waals surface area (Å²) in [6, 6.07) is 3.77. The zero-order chi connectivity index (χ0) is 14.4. The van der Waals surface area contributed by atoms with Gasteiger partial charge >= 0.3 is 12.0 Å². The van der Waals surface area contributed by atoms with Crippen LogP contribution < -0.4 is 5.32 Å². The first kappa shape index (κ1) is 15.4. The number of nitrogens with zero attached hydrogens (tertiary/aromatic N) is 1. The predicted molar refractivity (Wildman–Crippen MR) is 72.6 cm³/mol. The van der Waals surface area contributed by atoms with Gasteiger partial charge in [-0.25, -0.2) is 9.18 Å². The van der Waals surface area contributed by atoms with Crippen LogP contribution in [0.15, 0.2) is 22.7 Å². The molecule has 0 bridgehead atoms. The highest BCUT2D eigenvalue weighted by atomic mass is 79.9. The molecule has 104 valence electrons. The van der Waals surface area contributed by atoms with E-state index < -0.39 is 11.8 Å². The standard InChI is InChI=1S/C12H14BrFN2O3/c1-16(6-2-3-11(17)18)12(19)15-8-4-5-10(14)9(13)7-8/h4-5,7H,2-3,6H2,1H3,(H,15,19)(H,17,18). The van der Waals surface area contributed by atoms with Gasteiger partial charge in [0.25, 0.3) is 0 Å². The molecule has 0 aliphatic rings. The number of hydrogen-bond acceptors (Lipinski definition) is 2. The van der Waals surface area contributed by atoms with Crippen molar-refractivity contribution in [3.63, 3.8) is 0 Å². The van der Waals surface area contributed by atoms with Crippen LogP contribution in [-0.4, -0.2) is 35.6 Å². The fraction of sp³-hybridized carbons (Fsp3) is 0.333. The lowest BCUT2D eigenvalue weighted by molar-refractivity contribution is -0.137. The number of nitrogens with one attached hydrogen (secondary N) is 1. The predicted octanol–water partition coefficient (Wildman–Crippen LogP) is 2.92. The SMILES string of the molecule is CN(CCCC(=O)O)C(=O)Nc1ccc(F)c(Br)c1. The van der Waals surface area contributed by atoms with Gasteiger partial charge in [-0.2, -0.15) is 0 Å². The van der Waals surface area contributed by atoms with Gasteiger partial charge in [0.15, 0.2) is 0 Å². The normalized spacial score (nSPS) is 10.1. The molecule has 0 aliphatic heterocycles. The van der Waals surface area contributed by atoms with E-state index in [9.17, 15) is 14.0 Å². The number of carboxylic acids is 1. The van der Waals surface area contributed by atoms with Crippen LogP contribution in [0.2, 0.25) is 0 Å². The van der Waals surface area contributed by atoms with E-state index in [0.717, 1.165) is 0 Å². The van der Waals surface area contributed by atoms with Crippen LogP contribution in [0.5, 0.6) is 0 Å². The third-order valence-corrected chi connectivity index (χ3v) is 3.01. The van der Waals surface area contributed by atoms with Crippen molar-refractivity contribution in [2.45, 2.75) is 12.8 Å². The Kier molecular flexibility index (Phi) is 5.75. The van der Waals surface area contributed by atoms with Crippen molar-refractivity contribution in [2.24, 2.45) is 0 Å². The van der Waals surface area contributed by atoms with Gasteiger partial charge < -0.3 is 15.3 Å². The molecular weight excluding hydrogens is 319 g/mol. The molecule has 2 N–H and O–H groups in total. The van der Waals surface area contributed by atoms with Crippen molar-refractivity contribution in [3.8, 4) is 0 Å². The molecule has 0 spiro atoms. The Morgan fingerprint density at radius 1 is 1.47 bits per heavy atom. The molecule has 0 fully saturated rings. The number of carboxylic acid groups (broad SMARTS) is 1. The number of benzene rings is 1. The van der Waals surface area contributed by atoms with Crippen molar-refractivity contribution in [1.82, 2.24) is 4.90 Å². The zero-order valence-corrected chi connectivity index (χ0v) is 11.9. The summed E-state index contributed by atoms with van der Waals surface area (Å²) >= 11 is 3.03. The molecule has 0 saturated carbocycles. The summed E-state index contributed by atoms with van der Waals surface area (Å²) in [5.74, 6) is -1.30. The average molecular weight is 333 g/mol. The van der Waals surface area contributed by atoms with Crippen molar-refractivity contribution < 1.29 is 19.1 Å². The van der Waals surface area contributed by atoms with Gasteiger partial charge in [-0.05, 0) is 40.5 Å². The third kappa shape index (κ3) is 5.25. The third-order valence-electron chi connectivity index (χ3n) is 2.40. The maximum atomic E-state index is 13.0. The molecule has 0 aromatic heterocycles. The zero-order valence-electron chi connectivity index (χ0n) is 10.3. The van der Waals surface area contributed by atoms with Gasteiger partial charge in [0.05, 0.1) is 4.47 Å². The molecule has 1 rings (SSSR count). The van der Waals surface area contributed by atoms with E-state index in [0.29, 0.717) is 18.7 Å². The van der Waals surface area contributed by atoms with Crippen LogP contribution >= 0.6 is 15.9 Å². The second kappa shape index (κ2) is 7.08. The van der Waals surface area contributed by atoms with Crippen LogP contribution in [0.3, 0.4) is 0 Å². The van der Waals surface area contributed by atoms with E-state index in [2.05, 4.69) is 21.2 Å². The molecule has 2 amide bonds. The monoisotopic (exact) mass is 332 g/mol. The lowest BCUT2D eigenvalue weighted by Gasteiger charge is -2.17. The summed E-state index contributed by atoms with van der Waals surface area (Å²) in [6.45, 7) is 0.334. The Morgan fingerprint density at radius 2 is 2.16 bits per heavy atom. The molecule has 19 heavy (non-hydrogen) atoms. The number of amides is 2. The Morgan fingerprint density at radius 3 is 2.74 bits per heavy atom. The Hall–Kier alpha value is -1.63. The number of urea groups is 1. The summed E-state index contributed by atoms with van der Waals surface area (Å²) < 4.78 is 13.3. The fourth-order valence-electron chi connectivity index (χ4n) is 1.36. The van der Waals surface area contributed by atoms with E-state index in [-0.39, 0.29) is 16.9 Å². The summed E-state index contributed by atoms with van der Waals surface area (Å²) in [7, 11) is 1.57. The van der Waals surface area contributed by atoms with Crippen LogP contribution in [0, 0.1) is 5.82 Å². The molecule has 0 heterocycles. The lowest BCUT2D eigenvalue weighted by atomic mass is 10.3. The first-order chi connectivity index (χ1) is 8.90. The van der Waals surface area contributed by atoms with E-state index in [1.165, 1.54) is 23.1 Å². The topological polar surface area (TPSA) is 69.6 Å². The number of carbonyl (C=O) groups is 2. The molecule has 1 aromatic rings. The highest BCUT2D eigenvalue weighted by molar-refractivity contribution is 9.10. The number of halogens is 2. The summed E-state index contributed by atoms with van der Waals surface area (Å²) in [5, 5.41) is 11.1. The van der Waals surface area contributed by atoms with E-state index in [4.69, 9.17) is 5.11 Å². The number of rotatable bonds is 5. The minimum Gasteiger partial charge on any atom is -0.481 e. The van der Waals surface area contributed by atoms with Crippen LogP contribution in [-0.2, 0) is 4.79 Å². The number of hydrogen-bond donors (Lipinski definition) is 2. The maximum absolute atomic E-state index is 13.0. The van der Waals surface area contributed by atoms with Crippen molar-refractivity contribution in [3.05, 3.63) is 28.5 Å². The van der Waals surface area contributed by atoms with E-state index in [1.54, 1.807) is 7.05 Å². The average Bonchev–Trinajstić information content (AvgIpc) is 2.33. The number of aliphatic carboxylic acids is 1. The van der Waals surface area contributed by atoms with Crippen LogP contribution in [0.25, 0.3) is 0 Å². The highest BCUT2D eigenvalue weighted by Gasteiger charge is 2.10. The van der Waals surface area contributed by atoms with Crippen molar-refractivity contribution in [2.75, 3.05) is 18.9 Å². The summed E-state index contributed by atoms with van der Waals surface area (Å²) in [6.07, 6.45) is 0.395. The van der Waals surface area contributed by atoms with E-state index in [1.807, 2.05) is 0 Å². The van der Waals surface area contributed by atoms with Gasteiger partial charge in [0, 0.05) is 25.7 Å². The van der Waals surface area contributed by atoms with Gasteiger partial charge in [0.1, 0.15) is 5.82 Å². The summed E-state index contributed by atoms with van der Waals surface area (Å²) in [4.78, 5) is 23.5. The molecule has 7 heteroatoms.